The predicted octanol–water partition coefficient (Wildman–Crippen LogP) is 0.455. The third-order valence-corrected chi connectivity index (χ3v) is 2.91. The number of carboxylic acids is 1. The molecule has 0 spiro atoms. The number of aliphatic carboxylic acids is 1. The van der Waals surface area contributed by atoms with E-state index in [-0.39, 0.29) is 5.69 Å². The number of nitrogens with one attached hydrogen (secondary N) is 2. The van der Waals surface area contributed by atoms with E-state index in [1.54, 1.807) is 13.0 Å². The van der Waals surface area contributed by atoms with E-state index in [1.165, 1.54) is 0 Å². The van der Waals surface area contributed by atoms with Crippen LogP contribution in [-0.2, 0) is 4.79 Å². The minimum Gasteiger partial charge on any atom is -0.480 e. The van der Waals surface area contributed by atoms with Gasteiger partial charge in [-0.2, -0.15) is 5.10 Å². The molecule has 0 radical (unpaired) electrons. The van der Waals surface area contributed by atoms with Crippen LogP contribution in [0.25, 0.3) is 0 Å². The van der Waals surface area contributed by atoms with Gasteiger partial charge in [0.25, 0.3) is 5.91 Å². The average molecular weight is 223 g/mol. The summed E-state index contributed by atoms with van der Waals surface area (Å²) in [6, 6.07) is 1.59. The molecule has 1 aliphatic rings. The van der Waals surface area contributed by atoms with Crippen LogP contribution in [0.15, 0.2) is 6.07 Å². The number of carbonyl (C=O) groups excluding carboxylic acids is 1. The number of carbonyl (C=O) groups is 2. The summed E-state index contributed by atoms with van der Waals surface area (Å²) >= 11 is 0. The minimum absolute atomic E-state index is 0.227. The zero-order chi connectivity index (χ0) is 11.8. The lowest BCUT2D eigenvalue weighted by Gasteiger charge is -2.37. The van der Waals surface area contributed by atoms with Crippen molar-refractivity contribution in [2.75, 3.05) is 0 Å². The van der Waals surface area contributed by atoms with E-state index in [0.29, 0.717) is 12.8 Å². The Morgan fingerprint density at radius 3 is 2.62 bits per heavy atom. The molecule has 1 fully saturated rings. The Morgan fingerprint density at radius 2 is 2.25 bits per heavy atom. The van der Waals surface area contributed by atoms with E-state index in [2.05, 4.69) is 15.5 Å². The molecule has 3 N–H and O–H groups in total. The maximum absolute atomic E-state index is 11.7. The van der Waals surface area contributed by atoms with Gasteiger partial charge < -0.3 is 10.4 Å². The summed E-state index contributed by atoms with van der Waals surface area (Å²) in [5.41, 5.74) is -0.0858. The molecule has 1 aliphatic carbocycles. The molecule has 0 bridgehead atoms. The van der Waals surface area contributed by atoms with E-state index in [4.69, 9.17) is 5.11 Å². The van der Waals surface area contributed by atoms with E-state index >= 15 is 0 Å². The van der Waals surface area contributed by atoms with Crippen LogP contribution in [0.5, 0.6) is 0 Å². The van der Waals surface area contributed by atoms with Crippen LogP contribution in [0.3, 0.4) is 0 Å². The lowest BCUT2D eigenvalue weighted by atomic mass is 9.76. The molecule has 86 valence electrons. The van der Waals surface area contributed by atoms with Crippen molar-refractivity contribution in [3.63, 3.8) is 0 Å². The first kappa shape index (κ1) is 10.7. The topological polar surface area (TPSA) is 95.1 Å². The Bertz CT molecular complexity index is 434. The smallest absolute Gasteiger partial charge is 0.329 e. The fraction of sp³-hybridized carbons (Fsp3) is 0.500. The normalized spacial score (nSPS) is 17.6. The van der Waals surface area contributed by atoms with Crippen molar-refractivity contribution < 1.29 is 14.7 Å². The van der Waals surface area contributed by atoms with Crippen molar-refractivity contribution in [1.82, 2.24) is 15.5 Å². The number of H-pyrrole nitrogens is 1. The van der Waals surface area contributed by atoms with Crippen LogP contribution in [0.1, 0.15) is 35.4 Å². The lowest BCUT2D eigenvalue weighted by Crippen LogP contribution is -2.59. The Balaban J connectivity index is 2.10. The Hall–Kier alpha value is -1.85. The number of aromatic amines is 1. The maximum atomic E-state index is 11.7. The molecule has 1 aromatic rings. The molecule has 16 heavy (non-hydrogen) atoms. The molecule has 6 nitrogen and oxygen atoms in total. The summed E-state index contributed by atoms with van der Waals surface area (Å²) in [5, 5.41) is 18.0. The second-order valence-electron chi connectivity index (χ2n) is 4.13. The van der Waals surface area contributed by atoms with Gasteiger partial charge in [0.15, 0.2) is 0 Å². The number of carboxylic acid groups (broad SMARTS) is 1. The van der Waals surface area contributed by atoms with E-state index in [9.17, 15) is 9.59 Å². The number of aryl methyl sites for hydroxylation is 1. The molecular weight excluding hydrogens is 210 g/mol. The van der Waals surface area contributed by atoms with Crippen molar-refractivity contribution in [1.29, 1.82) is 0 Å². The molecule has 0 unspecified atom stereocenters. The highest BCUT2D eigenvalue weighted by molar-refractivity contribution is 5.96. The Morgan fingerprint density at radius 1 is 1.56 bits per heavy atom. The van der Waals surface area contributed by atoms with Gasteiger partial charge in [-0.15, -0.1) is 0 Å². The Labute approximate surface area is 92.0 Å². The highest BCUT2D eigenvalue weighted by atomic mass is 16.4. The number of hydrogen-bond donors (Lipinski definition) is 3. The minimum atomic E-state index is -1.08. The summed E-state index contributed by atoms with van der Waals surface area (Å²) in [6.45, 7) is 1.78. The molecule has 6 heteroatoms. The first-order valence-corrected chi connectivity index (χ1v) is 5.11. The van der Waals surface area contributed by atoms with Gasteiger partial charge in [0, 0.05) is 5.69 Å². The quantitative estimate of drug-likeness (QED) is 0.693. The Kier molecular flexibility index (Phi) is 2.41. The number of rotatable bonds is 3. The first-order chi connectivity index (χ1) is 7.53. The largest absolute Gasteiger partial charge is 0.480 e. The molecule has 0 atom stereocenters. The summed E-state index contributed by atoms with van der Waals surface area (Å²) in [6.07, 6.45) is 1.79. The van der Waals surface area contributed by atoms with Crippen LogP contribution in [0, 0.1) is 6.92 Å². The average Bonchev–Trinajstić information content (AvgIpc) is 2.57. The zero-order valence-electron chi connectivity index (χ0n) is 8.91. The van der Waals surface area contributed by atoms with Crippen LogP contribution in [0.4, 0.5) is 0 Å². The van der Waals surface area contributed by atoms with Gasteiger partial charge in [-0.25, -0.2) is 4.79 Å². The molecule has 2 rings (SSSR count). The van der Waals surface area contributed by atoms with Crippen molar-refractivity contribution in [2.24, 2.45) is 0 Å². The summed E-state index contributed by atoms with van der Waals surface area (Å²) < 4.78 is 0. The van der Waals surface area contributed by atoms with Crippen molar-refractivity contribution >= 4 is 11.9 Å². The standard InChI is InChI=1S/C10H13N3O3/c1-6-5-7(13-12-6)8(14)11-10(9(15)16)3-2-4-10/h5H,2-4H2,1H3,(H,11,14)(H,12,13)(H,15,16). The van der Waals surface area contributed by atoms with Crippen molar-refractivity contribution in [2.45, 2.75) is 31.7 Å². The fourth-order valence-corrected chi connectivity index (χ4v) is 1.74. The number of amides is 1. The summed E-state index contributed by atoms with van der Waals surface area (Å²) in [5.74, 6) is -1.41. The number of hydrogen-bond acceptors (Lipinski definition) is 3. The SMILES string of the molecule is Cc1cc(C(=O)NC2(C(=O)O)CCC2)n[nH]1. The lowest BCUT2D eigenvalue weighted by molar-refractivity contribution is -0.148. The van der Waals surface area contributed by atoms with Crippen LogP contribution in [0.2, 0.25) is 0 Å². The summed E-state index contributed by atoms with van der Waals surface area (Å²) in [4.78, 5) is 22.7. The molecule has 1 aromatic heterocycles. The van der Waals surface area contributed by atoms with Gasteiger partial charge in [-0.05, 0) is 32.3 Å². The van der Waals surface area contributed by atoms with Crippen molar-refractivity contribution in [3.8, 4) is 0 Å². The number of nitrogens with zero attached hydrogens (tertiary/aromatic N) is 1. The van der Waals surface area contributed by atoms with Gasteiger partial charge in [0.05, 0.1) is 0 Å². The molecular formula is C10H13N3O3. The maximum Gasteiger partial charge on any atom is 0.329 e. The second-order valence-corrected chi connectivity index (χ2v) is 4.13. The first-order valence-electron chi connectivity index (χ1n) is 5.11. The molecule has 1 saturated carbocycles. The summed E-state index contributed by atoms with van der Waals surface area (Å²) in [7, 11) is 0. The second kappa shape index (κ2) is 3.62. The van der Waals surface area contributed by atoms with Crippen LogP contribution >= 0.6 is 0 Å². The molecule has 0 saturated heterocycles. The molecule has 1 heterocycles. The van der Waals surface area contributed by atoms with E-state index in [0.717, 1.165) is 12.1 Å². The van der Waals surface area contributed by atoms with Crippen LogP contribution < -0.4 is 5.32 Å². The molecule has 0 aromatic carbocycles. The van der Waals surface area contributed by atoms with Gasteiger partial charge >= 0.3 is 5.97 Å². The predicted molar refractivity (Wildman–Crippen MR) is 55.0 cm³/mol. The van der Waals surface area contributed by atoms with Gasteiger partial charge in [-0.1, -0.05) is 0 Å². The number of aromatic nitrogens is 2. The van der Waals surface area contributed by atoms with Gasteiger partial charge in [-0.3, -0.25) is 9.89 Å². The highest BCUT2D eigenvalue weighted by Crippen LogP contribution is 2.32. The highest BCUT2D eigenvalue weighted by Gasteiger charge is 2.46. The molecule has 0 aliphatic heterocycles. The van der Waals surface area contributed by atoms with E-state index in [1.807, 2.05) is 0 Å². The third-order valence-electron chi connectivity index (χ3n) is 2.91. The van der Waals surface area contributed by atoms with Gasteiger partial charge in [0.1, 0.15) is 11.2 Å². The molecule has 1 amide bonds. The van der Waals surface area contributed by atoms with Crippen molar-refractivity contribution in [3.05, 3.63) is 17.5 Å². The monoisotopic (exact) mass is 223 g/mol. The van der Waals surface area contributed by atoms with E-state index < -0.39 is 17.4 Å². The fourth-order valence-electron chi connectivity index (χ4n) is 1.74. The van der Waals surface area contributed by atoms with Gasteiger partial charge in [0.2, 0.25) is 0 Å². The third kappa shape index (κ3) is 1.66. The zero-order valence-corrected chi connectivity index (χ0v) is 8.91. The van der Waals surface area contributed by atoms with Crippen LogP contribution in [-0.4, -0.2) is 32.7 Å².